The van der Waals surface area contributed by atoms with E-state index in [0.29, 0.717) is 13.0 Å². The molecule has 1 aromatic rings. The van der Waals surface area contributed by atoms with Crippen molar-refractivity contribution in [1.29, 1.82) is 0 Å². The van der Waals surface area contributed by atoms with Crippen molar-refractivity contribution in [2.45, 2.75) is 103 Å². The first-order valence-corrected chi connectivity index (χ1v) is 12.0. The summed E-state index contributed by atoms with van der Waals surface area (Å²) in [5, 5.41) is 0. The maximum Gasteiger partial charge on any atom is 0.306 e. The van der Waals surface area contributed by atoms with Gasteiger partial charge in [-0.05, 0) is 49.8 Å². The third kappa shape index (κ3) is 10.7. The van der Waals surface area contributed by atoms with Crippen molar-refractivity contribution in [1.82, 2.24) is 0 Å². The van der Waals surface area contributed by atoms with Crippen LogP contribution in [0.25, 0.3) is 0 Å². The molecular formula is C26H40O4. The molecule has 0 radical (unpaired) electrons. The Balaban J connectivity index is 1.36. The van der Waals surface area contributed by atoms with Gasteiger partial charge in [0.05, 0.1) is 0 Å². The minimum atomic E-state index is -0.120. The van der Waals surface area contributed by atoms with Crippen molar-refractivity contribution in [3.05, 3.63) is 35.9 Å². The Morgan fingerprint density at radius 1 is 0.867 bits per heavy atom. The second-order valence-electron chi connectivity index (χ2n) is 8.18. The van der Waals surface area contributed by atoms with Crippen LogP contribution >= 0.6 is 0 Å². The molecule has 4 nitrogen and oxygen atoms in total. The van der Waals surface area contributed by atoms with E-state index in [2.05, 4.69) is 19.1 Å². The minimum absolute atomic E-state index is 0.120. The highest BCUT2D eigenvalue weighted by molar-refractivity contribution is 5.69. The van der Waals surface area contributed by atoms with Gasteiger partial charge in [0.2, 0.25) is 6.79 Å². The Morgan fingerprint density at radius 2 is 1.50 bits per heavy atom. The van der Waals surface area contributed by atoms with Gasteiger partial charge in [-0.2, -0.15) is 0 Å². The summed E-state index contributed by atoms with van der Waals surface area (Å²) in [6, 6.07) is 5.63. The summed E-state index contributed by atoms with van der Waals surface area (Å²) in [5.74, 6) is 1.35. The summed E-state index contributed by atoms with van der Waals surface area (Å²) in [5.41, 5.74) is 0.928. The van der Waals surface area contributed by atoms with E-state index in [0.717, 1.165) is 29.9 Å². The van der Waals surface area contributed by atoms with Gasteiger partial charge < -0.3 is 14.2 Å². The number of ether oxygens (including phenoxy) is 3. The summed E-state index contributed by atoms with van der Waals surface area (Å²) < 4.78 is 16.0. The van der Waals surface area contributed by atoms with Crippen LogP contribution in [0.4, 0.5) is 0 Å². The zero-order valence-corrected chi connectivity index (χ0v) is 18.8. The Bertz CT molecular complexity index is 623. The number of benzene rings is 1. The lowest BCUT2D eigenvalue weighted by Gasteiger charge is -2.06. The predicted octanol–water partition coefficient (Wildman–Crippen LogP) is 7.50. The van der Waals surface area contributed by atoms with E-state index in [-0.39, 0.29) is 12.8 Å². The molecule has 1 aliphatic rings. The van der Waals surface area contributed by atoms with Gasteiger partial charge in [0.1, 0.15) is 6.61 Å². The predicted molar refractivity (Wildman–Crippen MR) is 122 cm³/mol. The molecule has 30 heavy (non-hydrogen) atoms. The molecule has 168 valence electrons. The number of carbonyl (C=O) groups is 1. The van der Waals surface area contributed by atoms with Crippen LogP contribution in [0.1, 0.15) is 102 Å². The molecule has 4 heteroatoms. The normalized spacial score (nSPS) is 12.6. The largest absolute Gasteiger partial charge is 0.461 e. The molecule has 0 fully saturated rings. The minimum Gasteiger partial charge on any atom is -0.461 e. The van der Waals surface area contributed by atoms with Crippen LogP contribution in [0.2, 0.25) is 0 Å². The van der Waals surface area contributed by atoms with Crippen molar-refractivity contribution >= 4 is 5.97 Å². The Labute approximate surface area is 183 Å². The van der Waals surface area contributed by atoms with E-state index in [9.17, 15) is 4.79 Å². The number of rotatable bonds is 17. The van der Waals surface area contributed by atoms with Crippen LogP contribution in [-0.2, 0) is 16.1 Å². The van der Waals surface area contributed by atoms with Gasteiger partial charge in [-0.25, -0.2) is 0 Å². The number of allylic oxidation sites excluding steroid dienone is 2. The monoisotopic (exact) mass is 416 g/mol. The molecule has 0 N–H and O–H groups in total. The van der Waals surface area contributed by atoms with Crippen LogP contribution in [-0.4, -0.2) is 12.8 Å². The average molecular weight is 417 g/mol. The number of esters is 1. The molecule has 0 amide bonds. The lowest BCUT2D eigenvalue weighted by Crippen LogP contribution is -2.04. The van der Waals surface area contributed by atoms with E-state index in [1.165, 1.54) is 70.6 Å². The van der Waals surface area contributed by atoms with E-state index in [1.807, 2.05) is 18.2 Å². The van der Waals surface area contributed by atoms with Crippen molar-refractivity contribution in [3.8, 4) is 11.5 Å². The maximum absolute atomic E-state index is 11.9. The summed E-state index contributed by atoms with van der Waals surface area (Å²) >= 11 is 0. The SMILES string of the molecule is CCCCCCCC/C=C\CCCCCCCC(=O)OCc1ccc2c(c1)OCO2. The van der Waals surface area contributed by atoms with Gasteiger partial charge >= 0.3 is 5.97 Å². The van der Waals surface area contributed by atoms with Gasteiger partial charge in [-0.15, -0.1) is 0 Å². The first kappa shape index (κ1) is 24.3. The molecule has 0 atom stereocenters. The van der Waals surface area contributed by atoms with Gasteiger partial charge in [-0.1, -0.05) is 76.5 Å². The van der Waals surface area contributed by atoms with Gasteiger partial charge in [-0.3, -0.25) is 4.79 Å². The van der Waals surface area contributed by atoms with E-state index >= 15 is 0 Å². The van der Waals surface area contributed by atoms with Crippen LogP contribution in [0.15, 0.2) is 30.4 Å². The smallest absolute Gasteiger partial charge is 0.306 e. The average Bonchev–Trinajstić information content (AvgIpc) is 3.23. The highest BCUT2D eigenvalue weighted by atomic mass is 16.7. The second-order valence-corrected chi connectivity index (χ2v) is 8.18. The molecule has 1 aliphatic heterocycles. The lowest BCUT2D eigenvalue weighted by molar-refractivity contribution is -0.145. The number of carbonyl (C=O) groups excluding carboxylic acids is 1. The first-order valence-electron chi connectivity index (χ1n) is 12.0. The molecule has 0 saturated heterocycles. The van der Waals surface area contributed by atoms with Gasteiger partial charge in [0.15, 0.2) is 11.5 Å². The van der Waals surface area contributed by atoms with Crippen LogP contribution in [0.3, 0.4) is 0 Å². The van der Waals surface area contributed by atoms with Gasteiger partial charge in [0.25, 0.3) is 0 Å². The number of hydrogen-bond donors (Lipinski definition) is 0. The zero-order valence-electron chi connectivity index (χ0n) is 18.8. The molecule has 2 rings (SSSR count). The molecule has 0 spiro atoms. The van der Waals surface area contributed by atoms with Crippen molar-refractivity contribution in [2.75, 3.05) is 6.79 Å². The van der Waals surface area contributed by atoms with E-state index in [4.69, 9.17) is 14.2 Å². The van der Waals surface area contributed by atoms with Crippen LogP contribution in [0.5, 0.6) is 11.5 Å². The fraction of sp³-hybridized carbons (Fsp3) is 0.654. The van der Waals surface area contributed by atoms with Crippen molar-refractivity contribution in [3.63, 3.8) is 0 Å². The van der Waals surface area contributed by atoms with Crippen molar-refractivity contribution < 1.29 is 19.0 Å². The molecule has 0 unspecified atom stereocenters. The third-order valence-corrected chi connectivity index (χ3v) is 5.48. The fourth-order valence-corrected chi connectivity index (χ4v) is 3.61. The summed E-state index contributed by atoms with van der Waals surface area (Å²) in [7, 11) is 0. The number of fused-ring (bicyclic) bond motifs is 1. The quantitative estimate of drug-likeness (QED) is 0.150. The second kappa shape index (κ2) is 15.8. The summed E-state index contributed by atoms with van der Waals surface area (Å²) in [4.78, 5) is 11.9. The topological polar surface area (TPSA) is 44.8 Å². The third-order valence-electron chi connectivity index (χ3n) is 5.48. The molecule has 0 saturated carbocycles. The molecule has 0 aromatic heterocycles. The molecule has 1 heterocycles. The number of hydrogen-bond acceptors (Lipinski definition) is 4. The van der Waals surface area contributed by atoms with Gasteiger partial charge in [0, 0.05) is 6.42 Å². The molecule has 1 aromatic carbocycles. The maximum atomic E-state index is 11.9. The molecule has 0 aliphatic carbocycles. The summed E-state index contributed by atoms with van der Waals surface area (Å²) in [6.07, 6.45) is 21.6. The van der Waals surface area contributed by atoms with Crippen molar-refractivity contribution in [2.24, 2.45) is 0 Å². The Hall–Kier alpha value is -1.97. The summed E-state index contributed by atoms with van der Waals surface area (Å²) in [6.45, 7) is 2.81. The number of unbranched alkanes of at least 4 members (excludes halogenated alkanes) is 11. The first-order chi connectivity index (χ1) is 14.8. The fourth-order valence-electron chi connectivity index (χ4n) is 3.61. The highest BCUT2D eigenvalue weighted by Crippen LogP contribution is 2.32. The standard InChI is InChI=1S/C26H40O4/c1-2-3-4-5-6-7-8-9-10-11-12-13-14-15-16-17-26(27)28-21-23-18-19-24-25(20-23)30-22-29-24/h9-10,18-20H,2-8,11-17,21-22H2,1H3/b10-9-. The Morgan fingerprint density at radius 3 is 2.23 bits per heavy atom. The highest BCUT2D eigenvalue weighted by Gasteiger charge is 2.13. The lowest BCUT2D eigenvalue weighted by atomic mass is 10.1. The van der Waals surface area contributed by atoms with Crippen LogP contribution in [0, 0.1) is 0 Å². The Kier molecular flexibility index (Phi) is 12.8. The molecule has 0 bridgehead atoms. The van der Waals surface area contributed by atoms with E-state index in [1.54, 1.807) is 0 Å². The molecular weight excluding hydrogens is 376 g/mol. The van der Waals surface area contributed by atoms with Crippen LogP contribution < -0.4 is 9.47 Å². The van der Waals surface area contributed by atoms with E-state index < -0.39 is 0 Å². The zero-order chi connectivity index (χ0) is 21.3.